The van der Waals surface area contributed by atoms with Gasteiger partial charge in [-0.3, -0.25) is 9.36 Å². The Morgan fingerprint density at radius 2 is 1.76 bits per heavy atom. The maximum Gasteiger partial charge on any atom is 0.266 e. The van der Waals surface area contributed by atoms with Gasteiger partial charge in [0.15, 0.2) is 5.16 Å². The quantitative estimate of drug-likeness (QED) is 0.339. The molecule has 2 heterocycles. The molecule has 1 aromatic heterocycles. The third-order valence-corrected chi connectivity index (χ3v) is 6.55. The van der Waals surface area contributed by atoms with Crippen LogP contribution in [0.1, 0.15) is 6.42 Å². The Kier molecular flexibility index (Phi) is 6.55. The molecule has 0 unspecified atom stereocenters. The number of piperazine rings is 1. The number of aromatic nitrogens is 2. The van der Waals surface area contributed by atoms with E-state index < -0.39 is 0 Å². The van der Waals surface area contributed by atoms with Crippen LogP contribution in [-0.4, -0.2) is 64.9 Å². The summed E-state index contributed by atoms with van der Waals surface area (Å²) in [6.07, 6.45) is 1.07. The zero-order chi connectivity index (χ0) is 20.2. The molecule has 0 atom stereocenters. The Bertz CT molecular complexity index is 1030. The van der Waals surface area contributed by atoms with Crippen molar-refractivity contribution >= 4 is 34.3 Å². The first kappa shape index (κ1) is 20.4. The lowest BCUT2D eigenvalue weighted by atomic mass is 10.2. The number of nitrogens with zero attached hydrogens (tertiary/aromatic N) is 4. The Labute approximate surface area is 180 Å². The Morgan fingerprint density at radius 1 is 1.03 bits per heavy atom. The summed E-state index contributed by atoms with van der Waals surface area (Å²) < 4.78 is 1.71. The van der Waals surface area contributed by atoms with Gasteiger partial charge in [-0.25, -0.2) is 4.98 Å². The number of para-hydroxylation sites is 1. The minimum atomic E-state index is -0.0421. The van der Waals surface area contributed by atoms with Crippen LogP contribution in [0.25, 0.3) is 16.6 Å². The number of thioether (sulfide) groups is 1. The Morgan fingerprint density at radius 3 is 2.52 bits per heavy atom. The van der Waals surface area contributed by atoms with Crippen LogP contribution in [0, 0.1) is 0 Å². The van der Waals surface area contributed by atoms with Crippen molar-refractivity contribution in [1.82, 2.24) is 19.4 Å². The first-order valence-corrected chi connectivity index (χ1v) is 11.3. The highest BCUT2D eigenvalue weighted by Gasteiger charge is 2.15. The lowest BCUT2D eigenvalue weighted by Gasteiger charge is -2.32. The van der Waals surface area contributed by atoms with Crippen LogP contribution in [0.15, 0.2) is 58.5 Å². The van der Waals surface area contributed by atoms with Gasteiger partial charge in [0.25, 0.3) is 5.56 Å². The molecule has 5 nitrogen and oxygen atoms in total. The van der Waals surface area contributed by atoms with E-state index in [-0.39, 0.29) is 5.56 Å². The largest absolute Gasteiger partial charge is 0.304 e. The van der Waals surface area contributed by atoms with Gasteiger partial charge in [-0.2, -0.15) is 0 Å². The number of fused-ring (bicyclic) bond motifs is 1. The molecule has 1 fully saturated rings. The second-order valence-corrected chi connectivity index (χ2v) is 8.87. The van der Waals surface area contributed by atoms with Gasteiger partial charge in [0.2, 0.25) is 0 Å². The van der Waals surface area contributed by atoms with E-state index >= 15 is 0 Å². The first-order valence-electron chi connectivity index (χ1n) is 9.93. The summed E-state index contributed by atoms with van der Waals surface area (Å²) in [7, 11) is 2.18. The van der Waals surface area contributed by atoms with E-state index in [2.05, 4.69) is 16.8 Å². The van der Waals surface area contributed by atoms with Gasteiger partial charge >= 0.3 is 0 Å². The molecule has 1 saturated heterocycles. The van der Waals surface area contributed by atoms with Crippen LogP contribution in [0.5, 0.6) is 0 Å². The number of halogens is 1. The first-order chi connectivity index (χ1) is 14.1. The van der Waals surface area contributed by atoms with Crippen molar-refractivity contribution in [2.45, 2.75) is 11.6 Å². The van der Waals surface area contributed by atoms with Crippen LogP contribution in [0.2, 0.25) is 5.02 Å². The zero-order valence-corrected chi connectivity index (χ0v) is 18.1. The lowest BCUT2D eigenvalue weighted by Crippen LogP contribution is -2.44. The van der Waals surface area contributed by atoms with Crippen molar-refractivity contribution in [1.29, 1.82) is 0 Å². The van der Waals surface area contributed by atoms with Crippen LogP contribution < -0.4 is 5.56 Å². The van der Waals surface area contributed by atoms with Crippen LogP contribution in [0.4, 0.5) is 0 Å². The molecule has 0 radical (unpaired) electrons. The van der Waals surface area contributed by atoms with E-state index in [1.54, 1.807) is 28.5 Å². The number of rotatable bonds is 6. The molecule has 2 aromatic carbocycles. The highest BCUT2D eigenvalue weighted by Crippen LogP contribution is 2.23. The van der Waals surface area contributed by atoms with Gasteiger partial charge in [0.1, 0.15) is 0 Å². The lowest BCUT2D eigenvalue weighted by molar-refractivity contribution is 0.154. The fourth-order valence-electron chi connectivity index (χ4n) is 3.55. The predicted octanol–water partition coefficient (Wildman–Crippen LogP) is 3.77. The monoisotopic (exact) mass is 428 g/mol. The van der Waals surface area contributed by atoms with E-state index in [1.807, 2.05) is 36.4 Å². The normalized spacial score (nSPS) is 15.8. The van der Waals surface area contributed by atoms with Crippen LogP contribution in [0.3, 0.4) is 0 Å². The third-order valence-electron chi connectivity index (χ3n) is 5.28. The summed E-state index contributed by atoms with van der Waals surface area (Å²) in [5.74, 6) is 0.921. The molecule has 0 bridgehead atoms. The van der Waals surface area contributed by atoms with E-state index in [0.29, 0.717) is 10.4 Å². The molecule has 0 saturated carbocycles. The standard InChI is InChI=1S/C22H25ClN4OS/c1-25-12-14-26(15-13-25)11-4-16-29-22-24-20-6-3-2-5-19(20)21(28)27(22)18-9-7-17(23)8-10-18/h2-3,5-10H,4,11-16H2,1H3. The Hall–Kier alpha value is -1.86. The molecular formula is C22H25ClN4OS. The number of likely N-dealkylation sites (N-methyl/N-ethyl adjacent to an activating group) is 1. The molecule has 0 spiro atoms. The van der Waals surface area contributed by atoms with E-state index in [1.165, 1.54) is 0 Å². The highest BCUT2D eigenvalue weighted by molar-refractivity contribution is 7.99. The fourth-order valence-corrected chi connectivity index (χ4v) is 4.61. The summed E-state index contributed by atoms with van der Waals surface area (Å²) in [6, 6.07) is 14.9. The maximum atomic E-state index is 13.2. The summed E-state index contributed by atoms with van der Waals surface area (Å²) in [5.41, 5.74) is 1.49. The van der Waals surface area contributed by atoms with Gasteiger partial charge in [-0.15, -0.1) is 0 Å². The summed E-state index contributed by atoms with van der Waals surface area (Å²) in [4.78, 5) is 22.9. The van der Waals surface area contributed by atoms with Crippen molar-refractivity contribution in [3.8, 4) is 5.69 Å². The molecular weight excluding hydrogens is 404 g/mol. The minimum Gasteiger partial charge on any atom is -0.304 e. The van der Waals surface area contributed by atoms with Crippen LogP contribution >= 0.6 is 23.4 Å². The SMILES string of the molecule is CN1CCN(CCCSc2nc3ccccc3c(=O)n2-c2ccc(Cl)cc2)CC1. The molecule has 0 N–H and O–H groups in total. The fraction of sp³-hybridized carbons (Fsp3) is 0.364. The predicted molar refractivity (Wildman–Crippen MR) is 122 cm³/mol. The molecule has 0 aliphatic carbocycles. The minimum absolute atomic E-state index is 0.0421. The van der Waals surface area contributed by atoms with Gasteiger partial charge in [-0.1, -0.05) is 35.5 Å². The third kappa shape index (κ3) is 4.83. The summed E-state index contributed by atoms with van der Waals surface area (Å²) >= 11 is 7.69. The van der Waals surface area contributed by atoms with Crippen LogP contribution in [-0.2, 0) is 0 Å². The van der Waals surface area contributed by atoms with Crippen molar-refractivity contribution in [2.24, 2.45) is 0 Å². The second-order valence-electron chi connectivity index (χ2n) is 7.38. The van der Waals surface area contributed by atoms with Gasteiger partial charge in [0.05, 0.1) is 16.6 Å². The maximum absolute atomic E-state index is 13.2. The zero-order valence-electron chi connectivity index (χ0n) is 16.6. The van der Waals surface area contributed by atoms with Gasteiger partial charge in [-0.05, 0) is 56.4 Å². The highest BCUT2D eigenvalue weighted by atomic mass is 35.5. The number of hydrogen-bond acceptors (Lipinski definition) is 5. The molecule has 29 heavy (non-hydrogen) atoms. The van der Waals surface area contributed by atoms with Gasteiger partial charge in [0, 0.05) is 37.0 Å². The van der Waals surface area contributed by atoms with Crippen molar-refractivity contribution in [3.63, 3.8) is 0 Å². The molecule has 152 valence electrons. The summed E-state index contributed by atoms with van der Waals surface area (Å²) in [6.45, 7) is 5.61. The molecule has 3 aromatic rings. The van der Waals surface area contributed by atoms with E-state index in [0.717, 1.165) is 61.3 Å². The molecule has 0 amide bonds. The number of benzene rings is 2. The molecule has 1 aliphatic heterocycles. The average Bonchev–Trinajstić information content (AvgIpc) is 2.74. The molecule has 1 aliphatic rings. The summed E-state index contributed by atoms with van der Waals surface area (Å²) in [5, 5.41) is 2.01. The van der Waals surface area contributed by atoms with Crippen molar-refractivity contribution < 1.29 is 0 Å². The second kappa shape index (κ2) is 9.30. The van der Waals surface area contributed by atoms with E-state index in [9.17, 15) is 4.79 Å². The number of hydrogen-bond donors (Lipinski definition) is 0. The smallest absolute Gasteiger partial charge is 0.266 e. The average molecular weight is 429 g/mol. The molecule has 4 rings (SSSR count). The molecule has 7 heteroatoms. The van der Waals surface area contributed by atoms with E-state index in [4.69, 9.17) is 16.6 Å². The van der Waals surface area contributed by atoms with Crippen molar-refractivity contribution in [2.75, 3.05) is 45.5 Å². The van der Waals surface area contributed by atoms with Crippen molar-refractivity contribution in [3.05, 3.63) is 63.9 Å². The topological polar surface area (TPSA) is 41.4 Å². The van der Waals surface area contributed by atoms with Gasteiger partial charge < -0.3 is 9.80 Å². The Balaban J connectivity index is 1.55.